The maximum absolute atomic E-state index is 12.9. The van der Waals surface area contributed by atoms with E-state index in [1.54, 1.807) is 4.90 Å². The van der Waals surface area contributed by atoms with Crippen LogP contribution in [0.4, 0.5) is 0 Å². The highest BCUT2D eigenvalue weighted by atomic mass is 16.5. The van der Waals surface area contributed by atoms with E-state index in [-0.39, 0.29) is 24.1 Å². The number of imide groups is 1. The Balaban J connectivity index is 1.24. The van der Waals surface area contributed by atoms with E-state index in [2.05, 4.69) is 22.8 Å². The smallest absolute Gasteiger partial charge is 0.255 e. The molecule has 1 saturated carbocycles. The van der Waals surface area contributed by atoms with E-state index in [9.17, 15) is 14.4 Å². The molecule has 5 rings (SSSR count). The van der Waals surface area contributed by atoms with E-state index in [0.717, 1.165) is 38.2 Å². The zero-order valence-corrected chi connectivity index (χ0v) is 18.6. The van der Waals surface area contributed by atoms with Crippen molar-refractivity contribution in [2.75, 3.05) is 19.8 Å². The minimum atomic E-state index is -0.553. The number of piperidine rings is 1. The van der Waals surface area contributed by atoms with Gasteiger partial charge in [0, 0.05) is 37.7 Å². The Bertz CT molecular complexity index is 895. The van der Waals surface area contributed by atoms with Crippen molar-refractivity contribution in [1.29, 1.82) is 0 Å². The minimum Gasteiger partial charge on any atom is -0.381 e. The molecule has 0 radical (unpaired) electrons. The van der Waals surface area contributed by atoms with E-state index in [0.29, 0.717) is 36.4 Å². The zero-order valence-electron chi connectivity index (χ0n) is 18.6. The maximum atomic E-state index is 12.9. The van der Waals surface area contributed by atoms with Gasteiger partial charge in [-0.3, -0.25) is 19.7 Å². The fraction of sp³-hybridized carbons (Fsp3) is 0.640. The Kier molecular flexibility index (Phi) is 6.28. The Labute approximate surface area is 189 Å². The molecular formula is C25H33N3O4. The van der Waals surface area contributed by atoms with Crippen LogP contribution in [0.15, 0.2) is 18.2 Å². The monoisotopic (exact) mass is 439 g/mol. The summed E-state index contributed by atoms with van der Waals surface area (Å²) in [4.78, 5) is 38.3. The number of carbonyl (C=O) groups excluding carboxylic acids is 3. The number of hydrogen-bond acceptors (Lipinski definition) is 5. The van der Waals surface area contributed by atoms with Gasteiger partial charge < -0.3 is 15.0 Å². The fourth-order valence-corrected chi connectivity index (χ4v) is 5.84. The van der Waals surface area contributed by atoms with Crippen LogP contribution >= 0.6 is 0 Å². The van der Waals surface area contributed by atoms with Crippen molar-refractivity contribution in [3.05, 3.63) is 34.9 Å². The third kappa shape index (κ3) is 4.46. The van der Waals surface area contributed by atoms with E-state index >= 15 is 0 Å². The predicted octanol–water partition coefficient (Wildman–Crippen LogP) is 2.18. The van der Waals surface area contributed by atoms with Gasteiger partial charge >= 0.3 is 0 Å². The van der Waals surface area contributed by atoms with Gasteiger partial charge in [-0.15, -0.1) is 0 Å². The molecule has 1 aromatic carbocycles. The normalized spacial score (nSPS) is 30.5. The average Bonchev–Trinajstić information content (AvgIpc) is 3.41. The topological polar surface area (TPSA) is 87.7 Å². The van der Waals surface area contributed by atoms with Crippen molar-refractivity contribution >= 4 is 17.7 Å². The molecule has 32 heavy (non-hydrogen) atoms. The summed E-state index contributed by atoms with van der Waals surface area (Å²) in [5, 5.41) is 6.21. The summed E-state index contributed by atoms with van der Waals surface area (Å²) in [7, 11) is 0. The van der Waals surface area contributed by atoms with Gasteiger partial charge in [-0.05, 0) is 61.1 Å². The Morgan fingerprint density at radius 3 is 2.78 bits per heavy atom. The molecule has 7 nitrogen and oxygen atoms in total. The van der Waals surface area contributed by atoms with Gasteiger partial charge in [0.2, 0.25) is 11.8 Å². The van der Waals surface area contributed by atoms with Crippen LogP contribution in [0, 0.1) is 11.8 Å². The molecule has 4 atom stereocenters. The van der Waals surface area contributed by atoms with Gasteiger partial charge in [0.25, 0.3) is 5.91 Å². The van der Waals surface area contributed by atoms with E-state index in [1.165, 1.54) is 31.2 Å². The Hall–Kier alpha value is -2.25. The van der Waals surface area contributed by atoms with E-state index < -0.39 is 6.04 Å². The molecule has 0 aromatic heterocycles. The second-order valence-corrected chi connectivity index (χ2v) is 9.88. The molecule has 2 unspecified atom stereocenters. The number of ether oxygens (including phenoxy) is 1. The molecule has 1 aliphatic carbocycles. The number of rotatable bonds is 6. The first-order chi connectivity index (χ1) is 15.6. The molecular weight excluding hydrogens is 406 g/mol. The third-order valence-electron chi connectivity index (χ3n) is 7.69. The number of fused-ring (bicyclic) bond motifs is 1. The van der Waals surface area contributed by atoms with Gasteiger partial charge in [0.05, 0.1) is 6.61 Å². The van der Waals surface area contributed by atoms with Crippen molar-refractivity contribution in [2.45, 2.75) is 70.0 Å². The van der Waals surface area contributed by atoms with Crippen molar-refractivity contribution in [3.63, 3.8) is 0 Å². The van der Waals surface area contributed by atoms with Gasteiger partial charge in [-0.2, -0.15) is 0 Å². The largest absolute Gasteiger partial charge is 0.381 e. The molecule has 3 amide bonds. The van der Waals surface area contributed by atoms with Crippen molar-refractivity contribution in [3.8, 4) is 0 Å². The van der Waals surface area contributed by atoms with Gasteiger partial charge in [-0.1, -0.05) is 25.0 Å². The highest BCUT2D eigenvalue weighted by Gasteiger charge is 2.39. The van der Waals surface area contributed by atoms with E-state index in [1.807, 2.05) is 6.07 Å². The van der Waals surface area contributed by atoms with Crippen molar-refractivity contribution < 1.29 is 19.1 Å². The first-order valence-corrected chi connectivity index (χ1v) is 12.2. The van der Waals surface area contributed by atoms with Gasteiger partial charge in [0.1, 0.15) is 6.04 Å². The lowest BCUT2D eigenvalue weighted by molar-refractivity contribution is -0.136. The molecule has 3 fully saturated rings. The summed E-state index contributed by atoms with van der Waals surface area (Å²) in [6.07, 6.45) is 7.88. The number of nitrogens with zero attached hydrogens (tertiary/aromatic N) is 1. The van der Waals surface area contributed by atoms with Crippen LogP contribution in [-0.2, 0) is 27.3 Å². The molecule has 0 bridgehead atoms. The Morgan fingerprint density at radius 2 is 1.97 bits per heavy atom. The van der Waals surface area contributed by atoms with Gasteiger partial charge in [-0.25, -0.2) is 0 Å². The summed E-state index contributed by atoms with van der Waals surface area (Å²) in [6, 6.07) is 6.17. The van der Waals surface area contributed by atoms with Crippen molar-refractivity contribution in [2.24, 2.45) is 11.8 Å². The number of nitrogens with one attached hydrogen (secondary N) is 2. The van der Waals surface area contributed by atoms with Crippen LogP contribution in [0.1, 0.15) is 66.4 Å². The molecule has 4 aliphatic rings. The zero-order chi connectivity index (χ0) is 22.1. The second kappa shape index (κ2) is 9.32. The summed E-state index contributed by atoms with van der Waals surface area (Å²) < 4.78 is 5.52. The first kappa shape index (κ1) is 21.6. The SMILES string of the molecule is O=C1CCC(N2Cc3cc(C[C@H]4CCCC[C@@H]4NCC4CCOC4)ccc3C2=O)C(=O)N1. The highest BCUT2D eigenvalue weighted by molar-refractivity contribution is 6.05. The van der Waals surface area contributed by atoms with Crippen LogP contribution in [0.2, 0.25) is 0 Å². The summed E-state index contributed by atoms with van der Waals surface area (Å²) in [5.41, 5.74) is 2.96. The lowest BCUT2D eigenvalue weighted by atomic mass is 9.80. The average molecular weight is 440 g/mol. The standard InChI is InChI=1S/C25H33N3O4/c29-23-8-7-22(24(30)27-23)28-14-19-12-16(5-6-20(19)25(28)31)11-18-3-1-2-4-21(18)26-13-17-9-10-32-15-17/h5-6,12,17-18,21-22,26H,1-4,7-11,13-15H2,(H,27,29,30)/t17?,18-,21+,22?/m1/s1. The van der Waals surface area contributed by atoms with Crippen LogP contribution in [0.5, 0.6) is 0 Å². The molecule has 2 N–H and O–H groups in total. The third-order valence-corrected chi connectivity index (χ3v) is 7.69. The number of carbonyl (C=O) groups is 3. The molecule has 3 heterocycles. The second-order valence-electron chi connectivity index (χ2n) is 9.88. The first-order valence-electron chi connectivity index (χ1n) is 12.2. The number of amides is 3. The molecule has 1 aromatic rings. The minimum absolute atomic E-state index is 0.1000. The quantitative estimate of drug-likeness (QED) is 0.664. The molecule has 0 spiro atoms. The molecule has 3 aliphatic heterocycles. The van der Waals surface area contributed by atoms with Crippen LogP contribution in [0.25, 0.3) is 0 Å². The highest BCUT2D eigenvalue weighted by Crippen LogP contribution is 2.32. The lowest BCUT2D eigenvalue weighted by Crippen LogP contribution is -2.52. The number of hydrogen-bond donors (Lipinski definition) is 2. The summed E-state index contributed by atoms with van der Waals surface area (Å²) in [5.74, 6) is 0.534. The van der Waals surface area contributed by atoms with Crippen LogP contribution in [-0.4, -0.2) is 54.5 Å². The summed E-state index contributed by atoms with van der Waals surface area (Å²) in [6.45, 7) is 3.26. The Morgan fingerprint density at radius 1 is 1.09 bits per heavy atom. The summed E-state index contributed by atoms with van der Waals surface area (Å²) >= 11 is 0. The van der Waals surface area contributed by atoms with Crippen LogP contribution < -0.4 is 10.6 Å². The maximum Gasteiger partial charge on any atom is 0.255 e. The van der Waals surface area contributed by atoms with Gasteiger partial charge in [0.15, 0.2) is 0 Å². The van der Waals surface area contributed by atoms with Crippen LogP contribution in [0.3, 0.4) is 0 Å². The number of benzene rings is 1. The molecule has 2 saturated heterocycles. The van der Waals surface area contributed by atoms with Crippen molar-refractivity contribution in [1.82, 2.24) is 15.5 Å². The lowest BCUT2D eigenvalue weighted by Gasteiger charge is -2.33. The molecule has 172 valence electrons. The molecule has 7 heteroatoms. The van der Waals surface area contributed by atoms with E-state index in [4.69, 9.17) is 4.74 Å². The predicted molar refractivity (Wildman–Crippen MR) is 119 cm³/mol. The fourth-order valence-electron chi connectivity index (χ4n) is 5.84.